The molecule has 2 heterocycles. The van der Waals surface area contributed by atoms with Gasteiger partial charge in [-0.15, -0.1) is 8.86 Å². The Labute approximate surface area is 217 Å². The van der Waals surface area contributed by atoms with Crippen LogP contribution in [-0.2, 0) is 18.9 Å². The van der Waals surface area contributed by atoms with Crippen molar-refractivity contribution in [3.05, 3.63) is 46.3 Å². The van der Waals surface area contributed by atoms with Gasteiger partial charge in [-0.25, -0.2) is 0 Å². The van der Waals surface area contributed by atoms with Gasteiger partial charge in [0.25, 0.3) is 5.92 Å². The lowest BCUT2D eigenvalue weighted by molar-refractivity contribution is 0.00723. The highest BCUT2D eigenvalue weighted by Gasteiger charge is 2.51. The summed E-state index contributed by atoms with van der Waals surface area (Å²) in [7, 11) is 5.80. The maximum atomic E-state index is 14.9. The lowest BCUT2D eigenvalue weighted by Crippen LogP contribution is -2.38. The first-order valence-corrected chi connectivity index (χ1v) is 14.4. The minimum Gasteiger partial charge on any atom is -0.496 e. The molecule has 0 bridgehead atoms. The molecule has 0 radical (unpaired) electrons. The summed E-state index contributed by atoms with van der Waals surface area (Å²) in [5.41, 5.74) is 4.57. The number of alkyl halides is 2. The van der Waals surface area contributed by atoms with Crippen LogP contribution in [0.3, 0.4) is 0 Å². The molecule has 0 saturated heterocycles. The predicted molar refractivity (Wildman–Crippen MR) is 148 cm³/mol. The Morgan fingerprint density at radius 2 is 2.00 bits per heavy atom. The lowest BCUT2D eigenvalue weighted by Gasteiger charge is -2.42. The highest BCUT2D eigenvalue weighted by atomic mass is 31.0. The van der Waals surface area contributed by atoms with Gasteiger partial charge in [-0.05, 0) is 65.3 Å². The summed E-state index contributed by atoms with van der Waals surface area (Å²) < 4.78 is 37.3. The number of nitrogens with zero attached hydrogens (tertiary/aromatic N) is 2. The fourth-order valence-corrected chi connectivity index (χ4v) is 8.60. The van der Waals surface area contributed by atoms with Crippen LogP contribution in [0.4, 0.5) is 8.78 Å². The first-order chi connectivity index (χ1) is 17.2. The van der Waals surface area contributed by atoms with E-state index in [2.05, 4.69) is 47.8 Å². The third kappa shape index (κ3) is 4.16. The molecule has 36 heavy (non-hydrogen) atoms. The van der Waals surface area contributed by atoms with Crippen molar-refractivity contribution in [2.45, 2.75) is 108 Å². The van der Waals surface area contributed by atoms with Gasteiger partial charge in [0.05, 0.1) is 19.3 Å². The third-order valence-corrected chi connectivity index (χ3v) is 9.97. The van der Waals surface area contributed by atoms with E-state index in [1.54, 1.807) is 11.8 Å². The molecule has 5 rings (SSSR count). The lowest BCUT2D eigenvalue weighted by atomic mass is 9.26. The van der Waals surface area contributed by atoms with E-state index in [4.69, 9.17) is 9.84 Å². The van der Waals surface area contributed by atoms with Gasteiger partial charge >= 0.3 is 0 Å². The Kier molecular flexibility index (Phi) is 7.13. The second-order valence-electron chi connectivity index (χ2n) is 11.5. The Bertz CT molecular complexity index is 1140. The van der Waals surface area contributed by atoms with Gasteiger partial charge in [-0.1, -0.05) is 64.3 Å². The van der Waals surface area contributed by atoms with Crippen molar-refractivity contribution >= 4 is 20.9 Å². The van der Waals surface area contributed by atoms with Crippen LogP contribution in [0.15, 0.2) is 18.2 Å². The first-order valence-electron chi connectivity index (χ1n) is 13.9. The van der Waals surface area contributed by atoms with Crippen molar-refractivity contribution in [2.24, 2.45) is 5.92 Å². The zero-order chi connectivity index (χ0) is 25.8. The van der Waals surface area contributed by atoms with E-state index in [1.807, 2.05) is 0 Å². The topological polar surface area (TPSA) is 27.1 Å². The molecule has 0 N–H and O–H groups in total. The zero-order valence-corrected chi connectivity index (χ0v) is 23.4. The third-order valence-electron chi connectivity index (χ3n) is 9.44. The molecule has 3 nitrogen and oxygen atoms in total. The van der Waals surface area contributed by atoms with E-state index in [-0.39, 0.29) is 11.6 Å². The number of ether oxygens (including phenoxy) is 1. The van der Waals surface area contributed by atoms with Crippen LogP contribution in [0.1, 0.15) is 106 Å². The van der Waals surface area contributed by atoms with Gasteiger partial charge < -0.3 is 4.74 Å². The molecule has 0 spiro atoms. The molecule has 7 heteroatoms. The van der Waals surface area contributed by atoms with Crippen LogP contribution in [0.2, 0.25) is 12.1 Å². The summed E-state index contributed by atoms with van der Waals surface area (Å²) in [4.78, 5) is 0. The van der Waals surface area contributed by atoms with E-state index in [0.29, 0.717) is 36.7 Å². The number of fused-ring (bicyclic) bond motifs is 4. The maximum absolute atomic E-state index is 14.9. The largest absolute Gasteiger partial charge is 0.496 e. The molecule has 194 valence electrons. The standard InChI is InChI=1S/C29H40BF2N2OP/c1-6-15-30-20(7-2)27-19(9-8-10-23(27)35-5)26-18(12-13-21(26)30)24(36)16-34-28(29(4,31)32)25-17(3)11-14-22(25)33-34/h8-10,17-18,20-21,26,36H,6-7,11-16H2,1-5H3/t17-,18?,20?,21-,26?/m1/s1. The maximum Gasteiger partial charge on any atom is 0.286 e. The number of aryl methyl sites for hydroxylation is 1. The summed E-state index contributed by atoms with van der Waals surface area (Å²) in [5.74, 6) is 0.0385. The molecule has 1 aromatic carbocycles. The molecule has 3 unspecified atom stereocenters. The molecule has 5 atom stereocenters. The van der Waals surface area contributed by atoms with E-state index in [0.717, 1.165) is 54.9 Å². The predicted octanol–water partition coefficient (Wildman–Crippen LogP) is 7.88. The normalized spacial score (nSPS) is 27.1. The second-order valence-corrected chi connectivity index (χ2v) is 12.2. The Hall–Kier alpha value is -1.68. The average molecular weight is 512 g/mol. The number of rotatable bonds is 8. The van der Waals surface area contributed by atoms with Crippen molar-refractivity contribution < 1.29 is 13.5 Å². The summed E-state index contributed by atoms with van der Waals surface area (Å²) in [6.45, 7) is 8.70. The van der Waals surface area contributed by atoms with Crippen LogP contribution < -0.4 is 4.74 Å². The van der Waals surface area contributed by atoms with Crippen molar-refractivity contribution in [2.75, 3.05) is 7.11 Å². The molecular formula is C29H40BF2N2OP. The molecule has 3 aliphatic rings. The molecule has 0 amide bonds. The molecule has 1 aromatic heterocycles. The van der Waals surface area contributed by atoms with Gasteiger partial charge in [0, 0.05) is 12.5 Å². The van der Waals surface area contributed by atoms with E-state index >= 15 is 0 Å². The number of hydrogen-bond acceptors (Lipinski definition) is 2. The highest BCUT2D eigenvalue weighted by Crippen LogP contribution is 2.60. The van der Waals surface area contributed by atoms with Gasteiger partial charge in [0.1, 0.15) is 11.4 Å². The van der Waals surface area contributed by atoms with Crippen LogP contribution >= 0.6 is 8.86 Å². The molecule has 1 saturated carbocycles. The highest BCUT2D eigenvalue weighted by molar-refractivity contribution is 7.21. The van der Waals surface area contributed by atoms with Crippen molar-refractivity contribution in [3.8, 4) is 5.75 Å². The molecule has 2 aliphatic carbocycles. The monoisotopic (exact) mass is 512 g/mol. The summed E-state index contributed by atoms with van der Waals surface area (Å²) >= 11 is 0. The number of halogens is 2. The fraction of sp³-hybridized carbons (Fsp3) is 0.655. The van der Waals surface area contributed by atoms with Crippen molar-refractivity contribution in [1.82, 2.24) is 9.78 Å². The number of benzene rings is 1. The molecule has 2 aromatic rings. The Morgan fingerprint density at radius 3 is 2.67 bits per heavy atom. The molecule has 1 fully saturated rings. The Balaban J connectivity index is 1.52. The first kappa shape index (κ1) is 26.0. The zero-order valence-electron chi connectivity index (χ0n) is 22.4. The van der Waals surface area contributed by atoms with E-state index in [1.165, 1.54) is 30.3 Å². The Morgan fingerprint density at radius 1 is 1.22 bits per heavy atom. The fourth-order valence-electron chi connectivity index (χ4n) is 8.12. The summed E-state index contributed by atoms with van der Waals surface area (Å²) in [5, 5.41) is 5.83. The van der Waals surface area contributed by atoms with Crippen molar-refractivity contribution in [3.63, 3.8) is 0 Å². The number of hydrogen-bond donors (Lipinski definition) is 0. The van der Waals surface area contributed by atoms with Crippen LogP contribution in [0.5, 0.6) is 5.75 Å². The summed E-state index contributed by atoms with van der Waals surface area (Å²) in [6.07, 6.45) is 7.48. The number of aromatic nitrogens is 2. The van der Waals surface area contributed by atoms with Gasteiger partial charge in [0.15, 0.2) is 6.71 Å². The average Bonchev–Trinajstić information content (AvgIpc) is 3.53. The van der Waals surface area contributed by atoms with E-state index in [9.17, 15) is 8.78 Å². The minimum absolute atomic E-state index is 0.119. The van der Waals surface area contributed by atoms with E-state index < -0.39 is 5.92 Å². The quantitative estimate of drug-likeness (QED) is 0.266. The number of methoxy groups -OCH3 is 1. The van der Waals surface area contributed by atoms with Crippen LogP contribution in [0, 0.1) is 5.92 Å². The smallest absolute Gasteiger partial charge is 0.286 e. The van der Waals surface area contributed by atoms with Gasteiger partial charge in [-0.3, -0.25) is 4.68 Å². The molecule has 1 aliphatic heterocycles. The van der Waals surface area contributed by atoms with Crippen molar-refractivity contribution in [1.29, 1.82) is 0 Å². The second kappa shape index (κ2) is 9.89. The van der Waals surface area contributed by atoms with Crippen LogP contribution in [-0.4, -0.2) is 28.9 Å². The van der Waals surface area contributed by atoms with Gasteiger partial charge in [-0.2, -0.15) is 13.9 Å². The SMILES string of the molecule is CCCB1C(CC)c2c(OC)cccc2C2C(C(=P)Cn3nc4c(c3C(C)(F)F)[C@H](C)CC4)CC[C@@H]12. The minimum atomic E-state index is -2.91. The van der Waals surface area contributed by atoms with Crippen LogP contribution in [0.25, 0.3) is 0 Å². The summed E-state index contributed by atoms with van der Waals surface area (Å²) in [6, 6.07) is 6.53. The van der Waals surface area contributed by atoms with Gasteiger partial charge in [0.2, 0.25) is 0 Å². The molecular weight excluding hydrogens is 472 g/mol.